The monoisotopic (exact) mass is 397 g/mol. The molecule has 0 saturated carbocycles. The zero-order chi connectivity index (χ0) is 20.8. The van der Waals surface area contributed by atoms with Crippen LogP contribution in [0.2, 0.25) is 0 Å². The van der Waals surface area contributed by atoms with Crippen molar-refractivity contribution in [3.05, 3.63) is 0 Å². The minimum atomic E-state index is -0.737. The molecule has 0 aromatic carbocycles. The molecule has 0 radical (unpaired) electrons. The lowest BCUT2D eigenvalue weighted by Gasteiger charge is -2.25. The van der Waals surface area contributed by atoms with E-state index < -0.39 is 5.97 Å². The first-order valence-corrected chi connectivity index (χ1v) is 11.2. The fourth-order valence-corrected chi connectivity index (χ4v) is 4.05. The molecule has 0 bridgehead atoms. The van der Waals surface area contributed by atoms with Crippen molar-refractivity contribution in [1.82, 2.24) is 4.90 Å². The Balaban J connectivity index is 2.24. The molecule has 1 N–H and O–H groups in total. The van der Waals surface area contributed by atoms with Crippen molar-refractivity contribution in [3.8, 4) is 0 Å². The molecule has 1 aliphatic rings. The van der Waals surface area contributed by atoms with E-state index in [1.54, 1.807) is 0 Å². The van der Waals surface area contributed by atoms with Gasteiger partial charge in [0.05, 0.1) is 6.42 Å². The van der Waals surface area contributed by atoms with Gasteiger partial charge >= 0.3 is 5.97 Å². The van der Waals surface area contributed by atoms with Crippen LogP contribution in [-0.4, -0.2) is 34.0 Å². The Hall–Kier alpha value is -1.43. The number of hydrogen-bond donors (Lipinski definition) is 1. The maximum Gasteiger partial charge on any atom is 0.342 e. The van der Waals surface area contributed by atoms with Gasteiger partial charge in [0.2, 0.25) is 11.8 Å². The Labute approximate surface area is 169 Å². The Morgan fingerprint density at radius 2 is 1.61 bits per heavy atom. The lowest BCUT2D eigenvalue weighted by atomic mass is 9.98. The highest BCUT2D eigenvalue weighted by molar-refractivity contribution is 6.03. The Kier molecular flexibility index (Phi) is 12.8. The summed E-state index contributed by atoms with van der Waals surface area (Å²) in [6, 6.07) is -0.295. The molecule has 2 unspecified atom stereocenters. The number of hydrogen-bond acceptors (Lipinski definition) is 5. The van der Waals surface area contributed by atoms with Crippen molar-refractivity contribution in [1.29, 1.82) is 0 Å². The van der Waals surface area contributed by atoms with Crippen molar-refractivity contribution in [3.63, 3.8) is 0 Å². The molecule has 0 spiro atoms. The zero-order valence-electron chi connectivity index (χ0n) is 17.8. The van der Waals surface area contributed by atoms with Gasteiger partial charge in [0, 0.05) is 18.4 Å². The molecule has 1 saturated heterocycles. The third-order valence-corrected chi connectivity index (χ3v) is 5.80. The minimum absolute atomic E-state index is 0.00478. The highest BCUT2D eigenvalue weighted by Crippen LogP contribution is 2.29. The number of likely N-dealkylation sites (tertiary alicyclic amines) is 1. The van der Waals surface area contributed by atoms with Crippen molar-refractivity contribution in [2.45, 2.75) is 116 Å². The average molecular weight is 398 g/mol. The second-order valence-corrected chi connectivity index (χ2v) is 8.04. The van der Waals surface area contributed by atoms with Gasteiger partial charge in [0.15, 0.2) is 0 Å². The number of carbonyl (C=O) groups is 3. The third kappa shape index (κ3) is 8.72. The Morgan fingerprint density at radius 1 is 1.04 bits per heavy atom. The number of nitrogens with zero attached hydrogens (tertiary/aromatic N) is 1. The van der Waals surface area contributed by atoms with E-state index in [4.69, 9.17) is 5.26 Å². The summed E-state index contributed by atoms with van der Waals surface area (Å²) in [7, 11) is 0. The van der Waals surface area contributed by atoms with E-state index in [1.165, 1.54) is 56.3 Å². The number of rotatable bonds is 16. The molecule has 28 heavy (non-hydrogen) atoms. The van der Waals surface area contributed by atoms with Crippen LogP contribution in [0.3, 0.4) is 0 Å². The maximum absolute atomic E-state index is 12.7. The summed E-state index contributed by atoms with van der Waals surface area (Å²) in [5.41, 5.74) is 0. The predicted molar refractivity (Wildman–Crippen MR) is 108 cm³/mol. The third-order valence-electron chi connectivity index (χ3n) is 5.80. The largest absolute Gasteiger partial charge is 0.342 e. The average Bonchev–Trinajstić information content (AvgIpc) is 2.97. The molecule has 0 aliphatic carbocycles. The summed E-state index contributed by atoms with van der Waals surface area (Å²) in [4.78, 5) is 41.1. The van der Waals surface area contributed by atoms with Gasteiger partial charge in [-0.25, -0.2) is 4.79 Å². The second-order valence-electron chi connectivity index (χ2n) is 8.04. The number of imide groups is 1. The van der Waals surface area contributed by atoms with Crippen LogP contribution in [0, 0.1) is 5.92 Å². The van der Waals surface area contributed by atoms with E-state index in [1.807, 2.05) is 6.92 Å². The first-order chi connectivity index (χ1) is 13.5. The van der Waals surface area contributed by atoms with Gasteiger partial charge in [0.25, 0.3) is 0 Å². The van der Waals surface area contributed by atoms with Crippen LogP contribution in [0.25, 0.3) is 0 Å². The lowest BCUT2D eigenvalue weighted by molar-refractivity contribution is -0.234. The summed E-state index contributed by atoms with van der Waals surface area (Å²) in [5.74, 6) is -1.17. The molecule has 1 rings (SSSR count). The SMILES string of the molecule is CCCCCCCCCCCCC1CC(=O)N(C(CC)CCC(=O)OO)C1=O. The maximum atomic E-state index is 12.7. The summed E-state index contributed by atoms with van der Waals surface area (Å²) in [6.07, 6.45) is 14.5. The Morgan fingerprint density at radius 3 is 2.14 bits per heavy atom. The van der Waals surface area contributed by atoms with Crippen LogP contribution in [0.1, 0.15) is 110 Å². The highest BCUT2D eigenvalue weighted by atomic mass is 17.1. The van der Waals surface area contributed by atoms with Crippen LogP contribution < -0.4 is 0 Å². The van der Waals surface area contributed by atoms with Crippen LogP contribution in [0.4, 0.5) is 0 Å². The van der Waals surface area contributed by atoms with Gasteiger partial charge in [-0.15, -0.1) is 0 Å². The minimum Gasteiger partial charge on any atom is -0.301 e. The van der Waals surface area contributed by atoms with Gasteiger partial charge in [-0.3, -0.25) is 14.5 Å². The van der Waals surface area contributed by atoms with E-state index in [0.29, 0.717) is 12.8 Å². The van der Waals surface area contributed by atoms with Gasteiger partial charge in [-0.05, 0) is 19.3 Å². The fraction of sp³-hybridized carbons (Fsp3) is 0.864. The van der Waals surface area contributed by atoms with Gasteiger partial charge in [-0.2, -0.15) is 5.26 Å². The van der Waals surface area contributed by atoms with Crippen molar-refractivity contribution < 1.29 is 24.5 Å². The molecule has 1 fully saturated rings. The fourth-order valence-electron chi connectivity index (χ4n) is 4.05. The van der Waals surface area contributed by atoms with Crippen molar-refractivity contribution >= 4 is 17.8 Å². The number of amides is 2. The summed E-state index contributed by atoms with van der Waals surface area (Å²) < 4.78 is 0. The quantitative estimate of drug-likeness (QED) is 0.166. The first-order valence-electron chi connectivity index (χ1n) is 11.2. The van der Waals surface area contributed by atoms with Gasteiger partial charge < -0.3 is 4.89 Å². The number of carbonyl (C=O) groups excluding carboxylic acids is 3. The highest BCUT2D eigenvalue weighted by Gasteiger charge is 2.41. The summed E-state index contributed by atoms with van der Waals surface area (Å²) >= 11 is 0. The standard InChI is InChI=1S/C22H39NO5/c1-3-5-6-7-8-9-10-11-12-13-14-18-17-20(24)23(22(18)26)19(4-2)15-16-21(25)28-27/h18-19,27H,3-17H2,1-2H3. The van der Waals surface area contributed by atoms with Crippen molar-refractivity contribution in [2.24, 2.45) is 5.92 Å². The van der Waals surface area contributed by atoms with E-state index in [-0.39, 0.29) is 36.6 Å². The molecule has 6 nitrogen and oxygen atoms in total. The molecular weight excluding hydrogens is 358 g/mol. The second kappa shape index (κ2) is 14.6. The molecule has 0 aromatic rings. The molecule has 0 aromatic heterocycles. The van der Waals surface area contributed by atoms with Crippen molar-refractivity contribution in [2.75, 3.05) is 0 Å². The molecule has 162 valence electrons. The molecule has 1 aliphatic heterocycles. The number of unbranched alkanes of at least 4 members (excludes halogenated alkanes) is 9. The lowest BCUT2D eigenvalue weighted by Crippen LogP contribution is -2.40. The molecule has 6 heteroatoms. The zero-order valence-corrected chi connectivity index (χ0v) is 17.8. The van der Waals surface area contributed by atoms with Crippen LogP contribution in [0.15, 0.2) is 0 Å². The topological polar surface area (TPSA) is 83.9 Å². The summed E-state index contributed by atoms with van der Waals surface area (Å²) in [6.45, 7) is 4.13. The molecule has 1 heterocycles. The normalized spacial score (nSPS) is 18.0. The van der Waals surface area contributed by atoms with E-state index >= 15 is 0 Å². The van der Waals surface area contributed by atoms with Gasteiger partial charge in [0.1, 0.15) is 0 Å². The van der Waals surface area contributed by atoms with Crippen LogP contribution in [-0.2, 0) is 19.3 Å². The van der Waals surface area contributed by atoms with E-state index in [2.05, 4.69) is 11.8 Å². The van der Waals surface area contributed by atoms with E-state index in [9.17, 15) is 14.4 Å². The predicted octanol–water partition coefficient (Wildman–Crippen LogP) is 5.25. The smallest absolute Gasteiger partial charge is 0.301 e. The Bertz CT molecular complexity index is 480. The van der Waals surface area contributed by atoms with Crippen LogP contribution in [0.5, 0.6) is 0 Å². The summed E-state index contributed by atoms with van der Waals surface area (Å²) in [5, 5.41) is 8.36. The first kappa shape index (κ1) is 24.6. The molecular formula is C22H39NO5. The van der Waals surface area contributed by atoms with Crippen LogP contribution >= 0.6 is 0 Å². The molecule has 2 atom stereocenters. The van der Waals surface area contributed by atoms with E-state index in [0.717, 1.165) is 19.3 Å². The molecule has 2 amide bonds. The van der Waals surface area contributed by atoms with Gasteiger partial charge in [-0.1, -0.05) is 78.1 Å².